The molecule has 0 fully saturated rings. The van der Waals surface area contributed by atoms with Crippen LogP contribution in [0.5, 0.6) is 0 Å². The van der Waals surface area contributed by atoms with Crippen LogP contribution < -0.4 is 5.32 Å². The van der Waals surface area contributed by atoms with E-state index >= 15 is 0 Å². The lowest BCUT2D eigenvalue weighted by Crippen LogP contribution is -2.15. The Kier molecular flexibility index (Phi) is 3.66. The molecule has 0 radical (unpaired) electrons. The average molecular weight is 216 g/mol. The van der Waals surface area contributed by atoms with Crippen LogP contribution in [-0.2, 0) is 19.6 Å². The molecule has 84 valence electrons. The van der Waals surface area contributed by atoms with Crippen molar-refractivity contribution in [3.63, 3.8) is 0 Å². The zero-order chi connectivity index (χ0) is 11.2. The van der Waals surface area contributed by atoms with Crippen LogP contribution in [-0.4, -0.2) is 14.5 Å². The standard InChI is InChI=1S/C12H16N4/c1-2-16-10-15-9-12(16)8-14-7-11-3-5-13-6-4-11/h3-6,9-10,14H,2,7-8H2,1H3. The van der Waals surface area contributed by atoms with E-state index in [1.807, 2.05) is 37.1 Å². The Morgan fingerprint density at radius 1 is 1.19 bits per heavy atom. The molecule has 4 nitrogen and oxygen atoms in total. The highest BCUT2D eigenvalue weighted by Crippen LogP contribution is 2.00. The van der Waals surface area contributed by atoms with Crippen LogP contribution in [0.4, 0.5) is 0 Å². The highest BCUT2D eigenvalue weighted by Gasteiger charge is 1.99. The molecule has 0 unspecified atom stereocenters. The fourth-order valence-corrected chi connectivity index (χ4v) is 1.62. The summed E-state index contributed by atoms with van der Waals surface area (Å²) in [5.74, 6) is 0. The smallest absolute Gasteiger partial charge is 0.0948 e. The third-order valence-corrected chi connectivity index (χ3v) is 2.52. The van der Waals surface area contributed by atoms with Gasteiger partial charge in [-0.1, -0.05) is 0 Å². The Morgan fingerprint density at radius 2 is 2.00 bits per heavy atom. The van der Waals surface area contributed by atoms with Crippen molar-refractivity contribution < 1.29 is 0 Å². The Labute approximate surface area is 95.4 Å². The molecule has 0 aromatic carbocycles. The molecule has 0 aliphatic carbocycles. The first kappa shape index (κ1) is 10.8. The van der Waals surface area contributed by atoms with E-state index in [9.17, 15) is 0 Å². The maximum Gasteiger partial charge on any atom is 0.0948 e. The highest BCUT2D eigenvalue weighted by atomic mass is 15.1. The van der Waals surface area contributed by atoms with Crippen molar-refractivity contribution in [3.05, 3.63) is 48.3 Å². The number of hydrogen-bond donors (Lipinski definition) is 1. The number of pyridine rings is 1. The van der Waals surface area contributed by atoms with Crippen molar-refractivity contribution in [2.24, 2.45) is 0 Å². The molecule has 0 atom stereocenters. The largest absolute Gasteiger partial charge is 0.334 e. The number of aryl methyl sites for hydroxylation is 1. The molecule has 0 saturated heterocycles. The minimum atomic E-state index is 0.843. The number of nitrogens with zero attached hydrogens (tertiary/aromatic N) is 3. The first-order valence-corrected chi connectivity index (χ1v) is 5.48. The summed E-state index contributed by atoms with van der Waals surface area (Å²) in [6.45, 7) is 4.79. The van der Waals surface area contributed by atoms with E-state index in [1.54, 1.807) is 0 Å². The van der Waals surface area contributed by atoms with Gasteiger partial charge in [0.1, 0.15) is 0 Å². The summed E-state index contributed by atoms with van der Waals surface area (Å²) in [6.07, 6.45) is 7.40. The van der Waals surface area contributed by atoms with Crippen molar-refractivity contribution in [2.45, 2.75) is 26.6 Å². The van der Waals surface area contributed by atoms with Crippen LogP contribution in [0.2, 0.25) is 0 Å². The number of aromatic nitrogens is 3. The Balaban J connectivity index is 1.85. The third-order valence-electron chi connectivity index (χ3n) is 2.52. The fourth-order valence-electron chi connectivity index (χ4n) is 1.62. The quantitative estimate of drug-likeness (QED) is 0.825. The fraction of sp³-hybridized carbons (Fsp3) is 0.333. The van der Waals surface area contributed by atoms with Gasteiger partial charge in [0.2, 0.25) is 0 Å². The molecule has 0 aliphatic heterocycles. The number of rotatable bonds is 5. The Bertz CT molecular complexity index is 422. The van der Waals surface area contributed by atoms with E-state index < -0.39 is 0 Å². The Hall–Kier alpha value is -1.68. The van der Waals surface area contributed by atoms with Crippen LogP contribution in [0.25, 0.3) is 0 Å². The van der Waals surface area contributed by atoms with Crippen molar-refractivity contribution >= 4 is 0 Å². The van der Waals surface area contributed by atoms with E-state index in [0.29, 0.717) is 0 Å². The van der Waals surface area contributed by atoms with Crippen LogP contribution >= 0.6 is 0 Å². The first-order chi connectivity index (χ1) is 7.90. The SMILES string of the molecule is CCn1cncc1CNCc1ccncc1. The van der Waals surface area contributed by atoms with Gasteiger partial charge < -0.3 is 9.88 Å². The van der Waals surface area contributed by atoms with Gasteiger partial charge in [-0.15, -0.1) is 0 Å². The molecular formula is C12H16N4. The van der Waals surface area contributed by atoms with E-state index in [2.05, 4.69) is 26.8 Å². The normalized spacial score (nSPS) is 10.6. The van der Waals surface area contributed by atoms with Gasteiger partial charge in [-0.3, -0.25) is 4.98 Å². The van der Waals surface area contributed by atoms with Crippen LogP contribution in [0, 0.1) is 0 Å². The van der Waals surface area contributed by atoms with Crippen molar-refractivity contribution in [2.75, 3.05) is 0 Å². The van der Waals surface area contributed by atoms with Gasteiger partial charge >= 0.3 is 0 Å². The topological polar surface area (TPSA) is 42.7 Å². The summed E-state index contributed by atoms with van der Waals surface area (Å²) in [5, 5.41) is 3.39. The monoisotopic (exact) mass is 216 g/mol. The summed E-state index contributed by atoms with van der Waals surface area (Å²) >= 11 is 0. The second-order valence-electron chi connectivity index (χ2n) is 3.63. The molecule has 0 bridgehead atoms. The lowest BCUT2D eigenvalue weighted by atomic mass is 10.3. The van der Waals surface area contributed by atoms with E-state index in [-0.39, 0.29) is 0 Å². The van der Waals surface area contributed by atoms with Crippen LogP contribution in [0.1, 0.15) is 18.2 Å². The molecule has 0 amide bonds. The molecule has 2 aromatic rings. The maximum atomic E-state index is 4.13. The minimum Gasteiger partial charge on any atom is -0.334 e. The molecule has 2 heterocycles. The van der Waals surface area contributed by atoms with Gasteiger partial charge in [-0.2, -0.15) is 0 Å². The van der Waals surface area contributed by atoms with Crippen LogP contribution in [0.3, 0.4) is 0 Å². The molecule has 0 saturated carbocycles. The zero-order valence-corrected chi connectivity index (χ0v) is 9.43. The van der Waals surface area contributed by atoms with Crippen molar-refractivity contribution in [1.82, 2.24) is 19.9 Å². The lowest BCUT2D eigenvalue weighted by molar-refractivity contribution is 0.628. The lowest BCUT2D eigenvalue weighted by Gasteiger charge is -2.06. The van der Waals surface area contributed by atoms with Crippen molar-refractivity contribution in [3.8, 4) is 0 Å². The zero-order valence-electron chi connectivity index (χ0n) is 9.43. The molecule has 4 heteroatoms. The van der Waals surface area contributed by atoms with E-state index in [4.69, 9.17) is 0 Å². The predicted octanol–water partition coefficient (Wildman–Crippen LogP) is 1.59. The minimum absolute atomic E-state index is 0.843. The highest BCUT2D eigenvalue weighted by molar-refractivity contribution is 5.09. The van der Waals surface area contributed by atoms with Gasteiger partial charge in [0.15, 0.2) is 0 Å². The molecule has 0 spiro atoms. The molecule has 0 aliphatic rings. The summed E-state index contributed by atoms with van der Waals surface area (Å²) in [7, 11) is 0. The number of hydrogen-bond acceptors (Lipinski definition) is 3. The predicted molar refractivity (Wildman–Crippen MR) is 62.7 cm³/mol. The van der Waals surface area contributed by atoms with Gasteiger partial charge in [0, 0.05) is 38.2 Å². The second-order valence-corrected chi connectivity index (χ2v) is 3.63. The molecule has 1 N–H and O–H groups in total. The van der Waals surface area contributed by atoms with Gasteiger partial charge in [0.05, 0.1) is 12.0 Å². The number of nitrogens with one attached hydrogen (secondary N) is 1. The van der Waals surface area contributed by atoms with Gasteiger partial charge in [-0.25, -0.2) is 4.98 Å². The van der Waals surface area contributed by atoms with Crippen molar-refractivity contribution in [1.29, 1.82) is 0 Å². The maximum absolute atomic E-state index is 4.13. The second kappa shape index (κ2) is 5.42. The molecule has 2 rings (SSSR count). The molecule has 2 aromatic heterocycles. The van der Waals surface area contributed by atoms with Gasteiger partial charge in [0.25, 0.3) is 0 Å². The van der Waals surface area contributed by atoms with Gasteiger partial charge in [-0.05, 0) is 24.6 Å². The summed E-state index contributed by atoms with van der Waals surface area (Å²) in [4.78, 5) is 8.12. The summed E-state index contributed by atoms with van der Waals surface area (Å²) in [6, 6.07) is 4.04. The first-order valence-electron chi connectivity index (χ1n) is 5.48. The van der Waals surface area contributed by atoms with E-state index in [1.165, 1.54) is 11.3 Å². The molecular weight excluding hydrogens is 200 g/mol. The van der Waals surface area contributed by atoms with Crippen LogP contribution in [0.15, 0.2) is 37.1 Å². The summed E-state index contributed by atoms with van der Waals surface area (Å²) in [5.41, 5.74) is 2.47. The molecule has 16 heavy (non-hydrogen) atoms. The van der Waals surface area contributed by atoms with E-state index in [0.717, 1.165) is 19.6 Å². The number of imidazole rings is 1. The summed E-state index contributed by atoms with van der Waals surface area (Å²) < 4.78 is 2.14. The Morgan fingerprint density at radius 3 is 2.75 bits per heavy atom. The third kappa shape index (κ3) is 2.67. The average Bonchev–Trinajstić information content (AvgIpc) is 2.78.